The number of hydrogen-bond acceptors (Lipinski definition) is 4. The molecular formula is C21H25NO4S. The number of rotatable bonds is 7. The molecule has 0 unspecified atom stereocenters. The summed E-state index contributed by atoms with van der Waals surface area (Å²) in [6.45, 7) is 0.476. The van der Waals surface area contributed by atoms with Gasteiger partial charge in [0.2, 0.25) is 5.91 Å². The molecule has 5 nitrogen and oxygen atoms in total. The molecule has 0 fully saturated rings. The fourth-order valence-electron chi connectivity index (χ4n) is 3.51. The van der Waals surface area contributed by atoms with Crippen molar-refractivity contribution in [2.75, 3.05) is 19.9 Å². The van der Waals surface area contributed by atoms with Crippen molar-refractivity contribution in [1.29, 1.82) is 0 Å². The van der Waals surface area contributed by atoms with Crippen LogP contribution in [0.25, 0.3) is 0 Å². The molecule has 0 aliphatic heterocycles. The largest absolute Gasteiger partial charge is 0.376 e. The zero-order chi connectivity index (χ0) is 19.5. The maximum absolute atomic E-state index is 12.3. The fraction of sp³-hybridized carbons (Fsp3) is 0.381. The number of fused-ring (bicyclic) bond motifs is 1. The highest BCUT2D eigenvalue weighted by atomic mass is 32.2. The molecule has 1 N–H and O–H groups in total. The Kier molecular flexibility index (Phi) is 5.67. The molecule has 27 heavy (non-hydrogen) atoms. The third kappa shape index (κ3) is 4.76. The summed E-state index contributed by atoms with van der Waals surface area (Å²) in [5, 5.41) is 3.00. The lowest BCUT2D eigenvalue weighted by Gasteiger charge is -2.27. The average molecular weight is 388 g/mol. The second kappa shape index (κ2) is 7.82. The van der Waals surface area contributed by atoms with E-state index >= 15 is 0 Å². The number of hydrogen-bond donors (Lipinski definition) is 1. The quantitative estimate of drug-likeness (QED) is 0.791. The van der Waals surface area contributed by atoms with E-state index in [-0.39, 0.29) is 11.5 Å². The first kappa shape index (κ1) is 19.6. The summed E-state index contributed by atoms with van der Waals surface area (Å²) in [4.78, 5) is 12.6. The van der Waals surface area contributed by atoms with Gasteiger partial charge in [0.1, 0.15) is 0 Å². The average Bonchev–Trinajstić information content (AvgIpc) is 3.03. The zero-order valence-corrected chi connectivity index (χ0v) is 16.5. The van der Waals surface area contributed by atoms with E-state index in [1.807, 2.05) is 12.1 Å². The minimum atomic E-state index is -3.19. The summed E-state index contributed by atoms with van der Waals surface area (Å²) in [7, 11) is -1.50. The minimum Gasteiger partial charge on any atom is -0.376 e. The van der Waals surface area contributed by atoms with Gasteiger partial charge in [0.15, 0.2) is 9.84 Å². The van der Waals surface area contributed by atoms with E-state index in [2.05, 4.69) is 17.4 Å². The van der Waals surface area contributed by atoms with Crippen LogP contribution in [0.2, 0.25) is 0 Å². The molecule has 0 heterocycles. The SMILES string of the molecule is COC1(CNC(=O)CCc2ccc(S(C)(=O)=O)cc2)Cc2ccccc2C1. The number of sulfone groups is 1. The molecule has 1 amide bonds. The molecule has 0 spiro atoms. The van der Waals surface area contributed by atoms with Crippen LogP contribution in [-0.4, -0.2) is 39.8 Å². The molecule has 0 atom stereocenters. The molecule has 1 aliphatic carbocycles. The van der Waals surface area contributed by atoms with Gasteiger partial charge in [-0.25, -0.2) is 8.42 Å². The highest BCUT2D eigenvalue weighted by Gasteiger charge is 2.37. The van der Waals surface area contributed by atoms with Crippen molar-refractivity contribution >= 4 is 15.7 Å². The third-order valence-corrected chi connectivity index (χ3v) is 6.31. The molecule has 0 saturated heterocycles. The van der Waals surface area contributed by atoms with Crippen LogP contribution in [0.3, 0.4) is 0 Å². The summed E-state index contributed by atoms with van der Waals surface area (Å²) >= 11 is 0. The van der Waals surface area contributed by atoms with Gasteiger partial charge < -0.3 is 10.1 Å². The van der Waals surface area contributed by atoms with Crippen molar-refractivity contribution < 1.29 is 17.9 Å². The van der Waals surface area contributed by atoms with Gasteiger partial charge in [-0.2, -0.15) is 0 Å². The Morgan fingerprint density at radius 3 is 2.19 bits per heavy atom. The third-order valence-electron chi connectivity index (χ3n) is 5.18. The number of amides is 1. The van der Waals surface area contributed by atoms with E-state index < -0.39 is 9.84 Å². The fourth-order valence-corrected chi connectivity index (χ4v) is 4.14. The lowest BCUT2D eigenvalue weighted by molar-refractivity contribution is -0.122. The number of methoxy groups -OCH3 is 1. The number of ether oxygens (including phenoxy) is 1. The molecule has 6 heteroatoms. The Labute approximate surface area is 160 Å². The van der Waals surface area contributed by atoms with Crippen molar-refractivity contribution in [2.24, 2.45) is 0 Å². The van der Waals surface area contributed by atoms with Gasteiger partial charge >= 0.3 is 0 Å². The lowest BCUT2D eigenvalue weighted by Crippen LogP contribution is -2.45. The Balaban J connectivity index is 1.51. The molecule has 3 rings (SSSR count). The standard InChI is InChI=1S/C21H25NO4S/c1-26-21(13-17-5-3-4-6-18(17)14-21)15-22-20(23)12-9-16-7-10-19(11-8-16)27(2,24)25/h3-8,10-11H,9,12-15H2,1-2H3,(H,22,23). The van der Waals surface area contributed by atoms with Gasteiger partial charge in [0.25, 0.3) is 0 Å². The van der Waals surface area contributed by atoms with Crippen molar-refractivity contribution in [3.05, 3.63) is 65.2 Å². The van der Waals surface area contributed by atoms with Crippen LogP contribution < -0.4 is 5.32 Å². The van der Waals surface area contributed by atoms with Crippen LogP contribution in [0.15, 0.2) is 53.4 Å². The molecule has 0 aromatic heterocycles. The number of carbonyl (C=O) groups excluding carboxylic acids is 1. The molecule has 2 aromatic rings. The zero-order valence-electron chi connectivity index (χ0n) is 15.7. The monoisotopic (exact) mass is 387 g/mol. The highest BCUT2D eigenvalue weighted by molar-refractivity contribution is 7.90. The van der Waals surface area contributed by atoms with E-state index in [1.54, 1.807) is 31.4 Å². The van der Waals surface area contributed by atoms with Crippen LogP contribution in [0, 0.1) is 0 Å². The predicted octanol–water partition coefficient (Wildman–Crippen LogP) is 2.32. The summed E-state index contributed by atoms with van der Waals surface area (Å²) in [6, 6.07) is 14.9. The summed E-state index contributed by atoms with van der Waals surface area (Å²) in [6.07, 6.45) is 3.70. The first-order valence-corrected chi connectivity index (χ1v) is 10.9. The smallest absolute Gasteiger partial charge is 0.220 e. The van der Waals surface area contributed by atoms with Gasteiger partial charge in [0, 0.05) is 39.2 Å². The van der Waals surface area contributed by atoms with Crippen LogP contribution >= 0.6 is 0 Å². The summed E-state index contributed by atoms with van der Waals surface area (Å²) in [5.74, 6) is -0.0328. The highest BCUT2D eigenvalue weighted by Crippen LogP contribution is 2.32. The van der Waals surface area contributed by atoms with Crippen molar-refractivity contribution in [3.8, 4) is 0 Å². The first-order chi connectivity index (χ1) is 12.8. The van der Waals surface area contributed by atoms with Crippen molar-refractivity contribution in [3.63, 3.8) is 0 Å². The molecular weight excluding hydrogens is 362 g/mol. The summed E-state index contributed by atoms with van der Waals surface area (Å²) in [5.41, 5.74) is 3.11. The number of nitrogens with one attached hydrogen (secondary N) is 1. The predicted molar refractivity (Wildman–Crippen MR) is 104 cm³/mol. The van der Waals surface area contributed by atoms with Crippen LogP contribution in [0.4, 0.5) is 0 Å². The Morgan fingerprint density at radius 1 is 1.07 bits per heavy atom. The van der Waals surface area contributed by atoms with Crippen molar-refractivity contribution in [1.82, 2.24) is 5.32 Å². The number of aryl methyl sites for hydroxylation is 1. The first-order valence-electron chi connectivity index (χ1n) is 8.99. The molecule has 2 aromatic carbocycles. The van der Waals surface area contributed by atoms with E-state index in [4.69, 9.17) is 4.74 Å². The van der Waals surface area contributed by atoms with Gasteiger partial charge in [-0.15, -0.1) is 0 Å². The minimum absolute atomic E-state index is 0.0328. The topological polar surface area (TPSA) is 72.5 Å². The molecule has 1 aliphatic rings. The molecule has 0 bridgehead atoms. The van der Waals surface area contributed by atoms with E-state index in [0.29, 0.717) is 24.3 Å². The van der Waals surface area contributed by atoms with Crippen LogP contribution in [0.1, 0.15) is 23.1 Å². The van der Waals surface area contributed by atoms with E-state index in [0.717, 1.165) is 18.4 Å². The second-order valence-electron chi connectivity index (χ2n) is 7.20. The number of carbonyl (C=O) groups is 1. The normalized spacial score (nSPS) is 15.3. The molecule has 0 saturated carbocycles. The van der Waals surface area contributed by atoms with Gasteiger partial charge in [0.05, 0.1) is 10.5 Å². The Bertz CT molecular complexity index is 894. The maximum atomic E-state index is 12.3. The van der Waals surface area contributed by atoms with E-state index in [9.17, 15) is 13.2 Å². The van der Waals surface area contributed by atoms with Crippen LogP contribution in [0.5, 0.6) is 0 Å². The second-order valence-corrected chi connectivity index (χ2v) is 9.22. The van der Waals surface area contributed by atoms with Gasteiger partial charge in [-0.1, -0.05) is 36.4 Å². The summed E-state index contributed by atoms with van der Waals surface area (Å²) < 4.78 is 28.7. The number of benzene rings is 2. The van der Waals surface area contributed by atoms with Crippen LogP contribution in [-0.2, 0) is 38.6 Å². The van der Waals surface area contributed by atoms with E-state index in [1.165, 1.54) is 17.4 Å². The Hall–Kier alpha value is -2.18. The maximum Gasteiger partial charge on any atom is 0.220 e. The molecule has 0 radical (unpaired) electrons. The Morgan fingerprint density at radius 2 is 1.67 bits per heavy atom. The van der Waals surface area contributed by atoms with Crippen molar-refractivity contribution in [2.45, 2.75) is 36.2 Å². The van der Waals surface area contributed by atoms with Gasteiger partial charge in [-0.3, -0.25) is 4.79 Å². The lowest BCUT2D eigenvalue weighted by atomic mass is 10.00. The van der Waals surface area contributed by atoms with Gasteiger partial charge in [-0.05, 0) is 35.2 Å². The molecule has 144 valence electrons.